The molecule has 94 valence electrons. The SMILES string of the molecule is CCOC1CC(O)(c2cc(C)ccc2OC)C1. The minimum atomic E-state index is -0.781. The van der Waals surface area contributed by atoms with Crippen molar-refractivity contribution in [1.29, 1.82) is 0 Å². The Hall–Kier alpha value is -1.06. The van der Waals surface area contributed by atoms with Crippen molar-refractivity contribution < 1.29 is 14.6 Å². The van der Waals surface area contributed by atoms with Gasteiger partial charge in [-0.1, -0.05) is 11.6 Å². The highest BCUT2D eigenvalue weighted by molar-refractivity contribution is 5.42. The fourth-order valence-electron chi connectivity index (χ4n) is 2.45. The van der Waals surface area contributed by atoms with Crippen LogP contribution < -0.4 is 4.74 Å². The molecular weight excluding hydrogens is 216 g/mol. The summed E-state index contributed by atoms with van der Waals surface area (Å²) >= 11 is 0. The van der Waals surface area contributed by atoms with Crippen LogP contribution >= 0.6 is 0 Å². The lowest BCUT2D eigenvalue weighted by molar-refractivity contribution is -0.143. The highest BCUT2D eigenvalue weighted by Crippen LogP contribution is 2.46. The monoisotopic (exact) mass is 236 g/mol. The third-order valence-electron chi connectivity index (χ3n) is 3.39. The summed E-state index contributed by atoms with van der Waals surface area (Å²) in [6.45, 7) is 4.70. The molecule has 2 rings (SSSR count). The van der Waals surface area contributed by atoms with Crippen molar-refractivity contribution in [3.05, 3.63) is 29.3 Å². The van der Waals surface area contributed by atoms with Crippen LogP contribution in [-0.4, -0.2) is 24.9 Å². The zero-order valence-electron chi connectivity index (χ0n) is 10.7. The second-order valence-electron chi connectivity index (χ2n) is 4.72. The number of methoxy groups -OCH3 is 1. The van der Waals surface area contributed by atoms with Gasteiger partial charge in [-0.2, -0.15) is 0 Å². The van der Waals surface area contributed by atoms with E-state index >= 15 is 0 Å². The standard InChI is InChI=1S/C14H20O3/c1-4-17-11-8-14(15,9-11)12-7-10(2)5-6-13(12)16-3/h5-7,11,15H,4,8-9H2,1-3H3. The summed E-state index contributed by atoms with van der Waals surface area (Å²) in [5, 5.41) is 10.6. The van der Waals surface area contributed by atoms with Crippen molar-refractivity contribution in [1.82, 2.24) is 0 Å². The normalized spacial score (nSPS) is 27.6. The Morgan fingerprint density at radius 1 is 1.41 bits per heavy atom. The molecule has 17 heavy (non-hydrogen) atoms. The molecule has 1 saturated carbocycles. The number of ether oxygens (including phenoxy) is 2. The summed E-state index contributed by atoms with van der Waals surface area (Å²) < 4.78 is 10.8. The largest absolute Gasteiger partial charge is 0.496 e. The molecule has 1 fully saturated rings. The van der Waals surface area contributed by atoms with Gasteiger partial charge in [0.05, 0.1) is 18.8 Å². The van der Waals surface area contributed by atoms with Crippen LogP contribution in [0.2, 0.25) is 0 Å². The van der Waals surface area contributed by atoms with Gasteiger partial charge < -0.3 is 14.6 Å². The molecule has 1 aromatic carbocycles. The average molecular weight is 236 g/mol. The van der Waals surface area contributed by atoms with Gasteiger partial charge in [-0.25, -0.2) is 0 Å². The molecule has 0 bridgehead atoms. The topological polar surface area (TPSA) is 38.7 Å². The summed E-state index contributed by atoms with van der Waals surface area (Å²) in [6.07, 6.45) is 1.48. The quantitative estimate of drug-likeness (QED) is 0.872. The third kappa shape index (κ3) is 2.31. The number of hydrogen-bond acceptors (Lipinski definition) is 3. The van der Waals surface area contributed by atoms with Gasteiger partial charge in [-0.05, 0) is 26.0 Å². The fraction of sp³-hybridized carbons (Fsp3) is 0.571. The molecule has 0 aliphatic heterocycles. The molecule has 1 N–H and O–H groups in total. The van der Waals surface area contributed by atoms with Gasteiger partial charge in [0.1, 0.15) is 5.75 Å². The minimum absolute atomic E-state index is 0.176. The van der Waals surface area contributed by atoms with E-state index in [0.29, 0.717) is 19.4 Å². The zero-order chi connectivity index (χ0) is 12.5. The summed E-state index contributed by atoms with van der Waals surface area (Å²) in [6, 6.07) is 5.90. The van der Waals surface area contributed by atoms with Crippen LogP contribution in [-0.2, 0) is 10.3 Å². The van der Waals surface area contributed by atoms with E-state index in [-0.39, 0.29) is 6.10 Å². The Labute approximate surface area is 102 Å². The number of aliphatic hydroxyl groups is 1. The van der Waals surface area contributed by atoms with Crippen LogP contribution in [0.1, 0.15) is 30.9 Å². The maximum absolute atomic E-state index is 10.6. The molecule has 1 aliphatic carbocycles. The van der Waals surface area contributed by atoms with Gasteiger partial charge in [0, 0.05) is 25.0 Å². The van der Waals surface area contributed by atoms with Crippen LogP contribution in [0.5, 0.6) is 5.75 Å². The first-order valence-electron chi connectivity index (χ1n) is 6.08. The van der Waals surface area contributed by atoms with Crippen molar-refractivity contribution in [2.24, 2.45) is 0 Å². The van der Waals surface area contributed by atoms with Gasteiger partial charge >= 0.3 is 0 Å². The van der Waals surface area contributed by atoms with Crippen molar-refractivity contribution in [2.75, 3.05) is 13.7 Å². The van der Waals surface area contributed by atoms with E-state index in [0.717, 1.165) is 16.9 Å². The zero-order valence-corrected chi connectivity index (χ0v) is 10.7. The Kier molecular flexibility index (Phi) is 3.40. The molecule has 0 radical (unpaired) electrons. The second kappa shape index (κ2) is 4.67. The molecule has 0 aromatic heterocycles. The van der Waals surface area contributed by atoms with E-state index in [1.165, 1.54) is 0 Å². The van der Waals surface area contributed by atoms with Gasteiger partial charge in [0.25, 0.3) is 0 Å². The maximum atomic E-state index is 10.6. The van der Waals surface area contributed by atoms with Crippen LogP contribution in [0, 0.1) is 6.92 Å². The van der Waals surface area contributed by atoms with Gasteiger partial charge in [0.2, 0.25) is 0 Å². The lowest BCUT2D eigenvalue weighted by Gasteiger charge is -2.44. The van der Waals surface area contributed by atoms with Crippen molar-refractivity contribution >= 4 is 0 Å². The molecular formula is C14H20O3. The van der Waals surface area contributed by atoms with E-state index in [1.54, 1.807) is 7.11 Å². The molecule has 0 saturated heterocycles. The predicted octanol–water partition coefficient (Wildman–Crippen LogP) is 2.39. The van der Waals surface area contributed by atoms with E-state index in [2.05, 4.69) is 0 Å². The Morgan fingerprint density at radius 3 is 2.71 bits per heavy atom. The third-order valence-corrected chi connectivity index (χ3v) is 3.39. The van der Waals surface area contributed by atoms with Gasteiger partial charge in [-0.15, -0.1) is 0 Å². The molecule has 1 aliphatic rings. The maximum Gasteiger partial charge on any atom is 0.124 e. The Balaban J connectivity index is 2.20. The Bertz CT molecular complexity index is 394. The number of benzene rings is 1. The molecule has 0 amide bonds. The van der Waals surface area contributed by atoms with Crippen LogP contribution in [0.4, 0.5) is 0 Å². The van der Waals surface area contributed by atoms with Crippen LogP contribution in [0.15, 0.2) is 18.2 Å². The molecule has 0 atom stereocenters. The van der Waals surface area contributed by atoms with Crippen LogP contribution in [0.3, 0.4) is 0 Å². The van der Waals surface area contributed by atoms with E-state index in [1.807, 2.05) is 32.0 Å². The molecule has 3 heteroatoms. The van der Waals surface area contributed by atoms with Gasteiger partial charge in [-0.3, -0.25) is 0 Å². The summed E-state index contributed by atoms with van der Waals surface area (Å²) in [5.41, 5.74) is 1.24. The fourth-order valence-corrected chi connectivity index (χ4v) is 2.45. The first-order valence-corrected chi connectivity index (χ1v) is 6.08. The first kappa shape index (κ1) is 12.4. The highest BCUT2D eigenvalue weighted by Gasteiger charge is 2.46. The number of rotatable bonds is 4. The molecule has 1 aromatic rings. The smallest absolute Gasteiger partial charge is 0.124 e. The molecule has 3 nitrogen and oxygen atoms in total. The lowest BCUT2D eigenvalue weighted by Crippen LogP contribution is -2.46. The van der Waals surface area contributed by atoms with E-state index < -0.39 is 5.60 Å². The number of hydrogen-bond donors (Lipinski definition) is 1. The van der Waals surface area contributed by atoms with Crippen molar-refractivity contribution in [2.45, 2.75) is 38.4 Å². The second-order valence-corrected chi connectivity index (χ2v) is 4.72. The average Bonchev–Trinajstić information content (AvgIpc) is 2.27. The van der Waals surface area contributed by atoms with Gasteiger partial charge in [0.15, 0.2) is 0 Å². The van der Waals surface area contributed by atoms with Crippen molar-refractivity contribution in [3.8, 4) is 5.75 Å². The molecule has 0 spiro atoms. The highest BCUT2D eigenvalue weighted by atomic mass is 16.5. The molecule has 0 unspecified atom stereocenters. The first-order chi connectivity index (χ1) is 8.09. The predicted molar refractivity (Wildman–Crippen MR) is 66.3 cm³/mol. The summed E-state index contributed by atoms with van der Waals surface area (Å²) in [7, 11) is 1.64. The lowest BCUT2D eigenvalue weighted by atomic mass is 9.72. The summed E-state index contributed by atoms with van der Waals surface area (Å²) in [4.78, 5) is 0. The Morgan fingerprint density at radius 2 is 2.12 bits per heavy atom. The van der Waals surface area contributed by atoms with Crippen molar-refractivity contribution in [3.63, 3.8) is 0 Å². The minimum Gasteiger partial charge on any atom is -0.496 e. The number of aryl methyl sites for hydroxylation is 1. The van der Waals surface area contributed by atoms with E-state index in [9.17, 15) is 5.11 Å². The van der Waals surface area contributed by atoms with E-state index in [4.69, 9.17) is 9.47 Å². The molecule has 0 heterocycles. The van der Waals surface area contributed by atoms with Crippen LogP contribution in [0.25, 0.3) is 0 Å². The summed E-state index contributed by atoms with van der Waals surface area (Å²) in [5.74, 6) is 0.757.